The van der Waals surface area contributed by atoms with E-state index in [0.717, 1.165) is 53.5 Å². The average molecular weight is 420 g/mol. The number of hydrogen-bond donors (Lipinski definition) is 4. The molecule has 1 saturated heterocycles. The highest BCUT2D eigenvalue weighted by Crippen LogP contribution is 2.30. The molecule has 3 heterocycles. The Morgan fingerprint density at radius 3 is 2.84 bits per heavy atom. The van der Waals surface area contributed by atoms with Gasteiger partial charge in [0.05, 0.1) is 11.3 Å². The molecule has 0 amide bonds. The maximum Gasteiger partial charge on any atom is 0.223 e. The van der Waals surface area contributed by atoms with Crippen LogP contribution >= 0.6 is 0 Å². The van der Waals surface area contributed by atoms with Crippen molar-refractivity contribution in [3.05, 3.63) is 54.5 Å². The number of rotatable bonds is 6. The fraction of sp³-hybridized carbons (Fsp3) is 0.440. The second kappa shape index (κ2) is 8.00. The zero-order chi connectivity index (χ0) is 22.2. The van der Waals surface area contributed by atoms with Gasteiger partial charge in [-0.15, -0.1) is 0 Å². The summed E-state index contributed by atoms with van der Waals surface area (Å²) in [5.41, 5.74) is 4.63. The van der Waals surface area contributed by atoms with E-state index in [2.05, 4.69) is 59.2 Å². The van der Waals surface area contributed by atoms with Crippen LogP contribution in [-0.4, -0.2) is 37.2 Å². The summed E-state index contributed by atoms with van der Waals surface area (Å²) in [6.45, 7) is 12.2. The third-order valence-electron chi connectivity index (χ3n) is 5.80. The average Bonchev–Trinajstić information content (AvgIpc) is 3.07. The van der Waals surface area contributed by atoms with E-state index in [1.165, 1.54) is 5.56 Å². The Bertz CT molecular complexity index is 1090. The Morgan fingerprint density at radius 1 is 1.29 bits per heavy atom. The second-order valence-corrected chi connectivity index (χ2v) is 10.0. The molecule has 164 valence electrons. The van der Waals surface area contributed by atoms with E-state index >= 15 is 0 Å². The monoisotopic (exact) mass is 419 g/mol. The molecule has 1 aliphatic heterocycles. The van der Waals surface area contributed by atoms with Gasteiger partial charge in [0, 0.05) is 52.6 Å². The zero-order valence-corrected chi connectivity index (χ0v) is 18.9. The number of aromatic amines is 1. The molecular weight excluding hydrogens is 386 g/mol. The van der Waals surface area contributed by atoms with E-state index in [1.807, 2.05) is 32.3 Å². The predicted molar refractivity (Wildman–Crippen MR) is 127 cm³/mol. The summed E-state index contributed by atoms with van der Waals surface area (Å²) in [4.78, 5) is 12.6. The van der Waals surface area contributed by atoms with Crippen LogP contribution in [0.25, 0.3) is 22.2 Å². The summed E-state index contributed by atoms with van der Waals surface area (Å²) in [6.07, 6.45) is 7.21. The maximum atomic E-state index is 10.00. The van der Waals surface area contributed by atoms with Crippen LogP contribution in [0.2, 0.25) is 0 Å². The summed E-state index contributed by atoms with van der Waals surface area (Å²) >= 11 is 0. The van der Waals surface area contributed by atoms with Crippen molar-refractivity contribution in [1.82, 2.24) is 20.3 Å². The van der Waals surface area contributed by atoms with Crippen molar-refractivity contribution in [3.8, 4) is 11.3 Å². The number of nitrogens with zero attached hydrogens (tertiary/aromatic N) is 2. The fourth-order valence-corrected chi connectivity index (χ4v) is 4.42. The van der Waals surface area contributed by atoms with Crippen molar-refractivity contribution in [2.24, 2.45) is 0 Å². The Hall–Kier alpha value is -2.86. The molecule has 0 saturated carbocycles. The highest BCUT2D eigenvalue weighted by molar-refractivity contribution is 5.95. The molecule has 31 heavy (non-hydrogen) atoms. The van der Waals surface area contributed by atoms with Gasteiger partial charge in [0.1, 0.15) is 0 Å². The van der Waals surface area contributed by atoms with Crippen molar-refractivity contribution in [3.63, 3.8) is 0 Å². The van der Waals surface area contributed by atoms with E-state index in [-0.39, 0.29) is 11.6 Å². The van der Waals surface area contributed by atoms with Crippen LogP contribution < -0.4 is 10.6 Å². The molecule has 0 aliphatic carbocycles. The van der Waals surface area contributed by atoms with Crippen molar-refractivity contribution < 1.29 is 5.11 Å². The number of piperidine rings is 1. The van der Waals surface area contributed by atoms with Crippen molar-refractivity contribution >= 4 is 16.9 Å². The molecule has 1 aromatic carbocycles. The minimum atomic E-state index is -0.657. The number of anilines is 1. The molecule has 6 nitrogen and oxygen atoms in total. The highest BCUT2D eigenvalue weighted by atomic mass is 16.3. The minimum Gasteiger partial charge on any atom is -0.390 e. The Balaban J connectivity index is 1.54. The summed E-state index contributed by atoms with van der Waals surface area (Å²) in [7, 11) is 0. The summed E-state index contributed by atoms with van der Waals surface area (Å²) in [6, 6.07) is 8.62. The Morgan fingerprint density at radius 2 is 2.10 bits per heavy atom. The summed E-state index contributed by atoms with van der Waals surface area (Å²) < 4.78 is 0. The molecule has 4 rings (SSSR count). The van der Waals surface area contributed by atoms with Gasteiger partial charge in [0.2, 0.25) is 5.95 Å². The smallest absolute Gasteiger partial charge is 0.223 e. The normalized spacial score (nSPS) is 18.7. The van der Waals surface area contributed by atoms with Gasteiger partial charge in [-0.3, -0.25) is 0 Å². The molecule has 6 heteroatoms. The van der Waals surface area contributed by atoms with Gasteiger partial charge < -0.3 is 20.7 Å². The zero-order valence-electron chi connectivity index (χ0n) is 18.9. The van der Waals surface area contributed by atoms with E-state index in [1.54, 1.807) is 0 Å². The Kier molecular flexibility index (Phi) is 5.52. The number of hydrogen-bond acceptors (Lipinski definition) is 5. The third-order valence-corrected chi connectivity index (χ3v) is 5.80. The third kappa shape index (κ3) is 5.25. The Labute approximate surface area is 184 Å². The number of aliphatic hydroxyl groups is 1. The molecule has 2 aromatic heterocycles. The predicted octanol–water partition coefficient (Wildman–Crippen LogP) is 4.78. The van der Waals surface area contributed by atoms with Gasteiger partial charge >= 0.3 is 0 Å². The summed E-state index contributed by atoms with van der Waals surface area (Å²) in [5, 5.41) is 18.1. The largest absolute Gasteiger partial charge is 0.390 e. The van der Waals surface area contributed by atoms with Crippen LogP contribution in [0.5, 0.6) is 0 Å². The van der Waals surface area contributed by atoms with E-state index in [9.17, 15) is 5.11 Å². The van der Waals surface area contributed by atoms with E-state index in [4.69, 9.17) is 4.98 Å². The first-order valence-corrected chi connectivity index (χ1v) is 11.0. The molecule has 1 fully saturated rings. The quantitative estimate of drug-likeness (QED) is 0.462. The van der Waals surface area contributed by atoms with Crippen LogP contribution in [0, 0.1) is 0 Å². The molecule has 0 bridgehead atoms. The molecule has 1 aliphatic rings. The van der Waals surface area contributed by atoms with Gasteiger partial charge in [-0.05, 0) is 64.7 Å². The van der Waals surface area contributed by atoms with Crippen LogP contribution in [-0.2, 0) is 6.42 Å². The van der Waals surface area contributed by atoms with Crippen LogP contribution in [0.1, 0.15) is 52.5 Å². The molecule has 1 unspecified atom stereocenters. The molecule has 0 radical (unpaired) electrons. The van der Waals surface area contributed by atoms with Crippen molar-refractivity contribution in [2.45, 2.75) is 70.6 Å². The molecule has 1 atom stereocenters. The molecule has 3 aromatic rings. The lowest BCUT2D eigenvalue weighted by atomic mass is 9.88. The fourth-order valence-electron chi connectivity index (χ4n) is 4.42. The van der Waals surface area contributed by atoms with Crippen molar-refractivity contribution in [2.75, 3.05) is 5.32 Å². The molecule has 4 N–H and O–H groups in total. The molecule has 0 spiro atoms. The van der Waals surface area contributed by atoms with Gasteiger partial charge in [-0.2, -0.15) is 0 Å². The van der Waals surface area contributed by atoms with Crippen LogP contribution in [0.3, 0.4) is 0 Å². The lowest BCUT2D eigenvalue weighted by Crippen LogP contribution is -2.48. The van der Waals surface area contributed by atoms with E-state index < -0.39 is 5.60 Å². The first kappa shape index (κ1) is 21.4. The number of benzene rings is 1. The number of fused-ring (bicyclic) bond motifs is 1. The van der Waals surface area contributed by atoms with Gasteiger partial charge in [0.25, 0.3) is 0 Å². The number of nitrogens with one attached hydrogen (secondary N) is 3. The maximum absolute atomic E-state index is 10.00. The van der Waals surface area contributed by atoms with Gasteiger partial charge in [-0.1, -0.05) is 18.7 Å². The van der Waals surface area contributed by atoms with Crippen LogP contribution in [0.4, 0.5) is 5.95 Å². The van der Waals surface area contributed by atoms with E-state index in [0.29, 0.717) is 5.95 Å². The van der Waals surface area contributed by atoms with Gasteiger partial charge in [-0.25, -0.2) is 9.97 Å². The van der Waals surface area contributed by atoms with Gasteiger partial charge in [0.15, 0.2) is 0 Å². The summed E-state index contributed by atoms with van der Waals surface area (Å²) in [5.74, 6) is 0.643. The standard InChI is InChI=1S/C25H33N5O/c1-16-12-18(14-24(2,3)30-16)28-23-26-11-9-21(29-23)20-15-27-22-13-17(6-7-19(20)22)8-10-25(4,5)31/h6-7,9,11,13,15,18,27,30-31H,1,8,10,12,14H2,2-5H3,(H,26,28,29). The molecular formula is C25H33N5O. The SMILES string of the molecule is C=C1CC(Nc2nccc(-c3c[nH]c4cc(CCC(C)(C)O)ccc34)n2)CC(C)(C)N1. The minimum absolute atomic E-state index is 0.00436. The number of aromatic nitrogens is 3. The van der Waals surface area contributed by atoms with Crippen LogP contribution in [0.15, 0.2) is 48.9 Å². The number of aryl methyl sites for hydroxylation is 1. The first-order valence-electron chi connectivity index (χ1n) is 11.0. The lowest BCUT2D eigenvalue weighted by Gasteiger charge is -2.38. The number of H-pyrrole nitrogens is 1. The van der Waals surface area contributed by atoms with Crippen molar-refractivity contribution in [1.29, 1.82) is 0 Å². The highest BCUT2D eigenvalue weighted by Gasteiger charge is 2.29. The topological polar surface area (TPSA) is 85.9 Å². The lowest BCUT2D eigenvalue weighted by molar-refractivity contribution is 0.0714. The second-order valence-electron chi connectivity index (χ2n) is 10.0. The first-order chi connectivity index (χ1) is 14.6.